The Morgan fingerprint density at radius 3 is 1.95 bits per heavy atom. The molecule has 0 amide bonds. The molecule has 13 nitrogen and oxygen atoms in total. The topological polar surface area (TPSA) is 162 Å². The zero-order valence-corrected chi connectivity index (χ0v) is 24.0. The van der Waals surface area contributed by atoms with E-state index in [0.717, 1.165) is 12.7 Å². The summed E-state index contributed by atoms with van der Waals surface area (Å²) in [4.78, 5) is -0.209. The van der Waals surface area contributed by atoms with E-state index in [1.165, 1.54) is 47.5 Å². The summed E-state index contributed by atoms with van der Waals surface area (Å²) in [5.41, 5.74) is 1.04. The fourth-order valence-electron chi connectivity index (χ4n) is 4.23. The second kappa shape index (κ2) is 12.6. The van der Waals surface area contributed by atoms with Crippen molar-refractivity contribution < 1.29 is 58.2 Å². The van der Waals surface area contributed by atoms with Gasteiger partial charge in [0.05, 0.1) is 47.8 Å². The molecule has 2 aromatic carbocycles. The van der Waals surface area contributed by atoms with Gasteiger partial charge in [0.1, 0.15) is 17.6 Å². The predicted molar refractivity (Wildman–Crippen MR) is 137 cm³/mol. The molecular weight excluding hydrogens is 560 g/mol. The van der Waals surface area contributed by atoms with Crippen molar-refractivity contribution >= 4 is 20.5 Å². The summed E-state index contributed by atoms with van der Waals surface area (Å²) in [7, 11) is -2.03. The van der Waals surface area contributed by atoms with Crippen molar-refractivity contribution in [1.29, 1.82) is 0 Å². The van der Waals surface area contributed by atoms with Crippen LogP contribution in [0.4, 0.5) is 0 Å². The van der Waals surface area contributed by atoms with Crippen molar-refractivity contribution in [2.24, 2.45) is 0 Å². The molecule has 1 aliphatic rings. The summed E-state index contributed by atoms with van der Waals surface area (Å²) in [6.45, 7) is 1.00. The first-order chi connectivity index (χ1) is 18.4. The van der Waals surface area contributed by atoms with Crippen molar-refractivity contribution in [3.63, 3.8) is 0 Å². The van der Waals surface area contributed by atoms with E-state index in [1.807, 2.05) is 0 Å². The molecule has 0 saturated carbocycles. The van der Waals surface area contributed by atoms with Crippen LogP contribution in [0.15, 0.2) is 29.2 Å². The maximum absolute atomic E-state index is 12.9. The summed E-state index contributed by atoms with van der Waals surface area (Å²) in [6.07, 6.45) is -1.12. The fraction of sp³-hybridized carbons (Fsp3) is 0.500. The Balaban J connectivity index is 1.96. The second-order valence-corrected chi connectivity index (χ2v) is 11.2. The molecule has 3 rings (SSSR count). The first-order valence-corrected chi connectivity index (χ1v) is 14.4. The normalized spacial score (nSPS) is 18.4. The van der Waals surface area contributed by atoms with Gasteiger partial charge in [0.2, 0.25) is 5.75 Å². The van der Waals surface area contributed by atoms with Crippen LogP contribution in [0.3, 0.4) is 0 Å². The monoisotopic (exact) mass is 592 g/mol. The van der Waals surface area contributed by atoms with Crippen LogP contribution in [-0.4, -0.2) is 69.6 Å². The summed E-state index contributed by atoms with van der Waals surface area (Å²) in [6, 6.07) is 6.23. The SMILES string of the molecule is COc1cc([C@H]2CC[C@H](c3cc(OC)c(OC)c(OC)c3)O2)c(S(=O)(=O)OC)cc1OCC(C)OS(=O)(=O)O. The van der Waals surface area contributed by atoms with Crippen LogP contribution < -0.4 is 23.7 Å². The van der Waals surface area contributed by atoms with Gasteiger partial charge in [0, 0.05) is 11.6 Å². The number of ether oxygens (including phenoxy) is 6. The van der Waals surface area contributed by atoms with E-state index in [2.05, 4.69) is 4.18 Å². The highest BCUT2D eigenvalue weighted by atomic mass is 32.3. The first-order valence-electron chi connectivity index (χ1n) is 11.6. The summed E-state index contributed by atoms with van der Waals surface area (Å²) in [5.74, 6) is 1.50. The van der Waals surface area contributed by atoms with Gasteiger partial charge in [0.25, 0.3) is 10.1 Å². The van der Waals surface area contributed by atoms with Gasteiger partial charge in [-0.05, 0) is 43.5 Å². The Bertz CT molecular complexity index is 1350. The Morgan fingerprint density at radius 2 is 1.44 bits per heavy atom. The number of hydrogen-bond donors (Lipinski definition) is 1. The minimum absolute atomic E-state index is 0.0122. The molecule has 1 aliphatic heterocycles. The number of rotatable bonds is 13. The minimum atomic E-state index is -4.70. The van der Waals surface area contributed by atoms with E-state index in [-0.39, 0.29) is 23.0 Å². The summed E-state index contributed by atoms with van der Waals surface area (Å²) in [5, 5.41) is 0. The molecule has 0 bridgehead atoms. The minimum Gasteiger partial charge on any atom is -0.493 e. The van der Waals surface area contributed by atoms with Crippen molar-refractivity contribution in [2.75, 3.05) is 42.2 Å². The van der Waals surface area contributed by atoms with Gasteiger partial charge in [0.15, 0.2) is 23.0 Å². The van der Waals surface area contributed by atoms with Crippen LogP contribution >= 0.6 is 0 Å². The largest absolute Gasteiger partial charge is 0.493 e. The van der Waals surface area contributed by atoms with E-state index in [4.69, 9.17) is 37.2 Å². The van der Waals surface area contributed by atoms with Crippen LogP contribution in [0.1, 0.15) is 43.1 Å². The van der Waals surface area contributed by atoms with Gasteiger partial charge in [-0.2, -0.15) is 16.8 Å². The van der Waals surface area contributed by atoms with Gasteiger partial charge in [-0.25, -0.2) is 4.18 Å². The molecule has 2 aromatic rings. The first kappa shape index (κ1) is 30.7. The van der Waals surface area contributed by atoms with Gasteiger partial charge < -0.3 is 28.4 Å². The number of benzene rings is 2. The molecule has 39 heavy (non-hydrogen) atoms. The standard InChI is InChI=1S/C24H32O13S2/c1-14(37-39(27,28)29)13-35-20-12-23(38(25,26)34-6)16(11-19(20)30-2)18-8-7-17(36-18)15-9-21(31-3)24(33-5)22(10-15)32-4/h9-12,14,17-18H,7-8,13H2,1-6H3,(H,27,28,29)/t14?,17-,18-/m1/s1. The smallest absolute Gasteiger partial charge is 0.397 e. The molecule has 0 radical (unpaired) electrons. The quantitative estimate of drug-likeness (QED) is 0.267. The second-order valence-electron chi connectivity index (χ2n) is 8.46. The molecule has 1 fully saturated rings. The summed E-state index contributed by atoms with van der Waals surface area (Å²) < 4.78 is 99.3. The van der Waals surface area contributed by atoms with E-state index < -0.39 is 38.8 Å². The molecule has 1 saturated heterocycles. The van der Waals surface area contributed by atoms with Crippen LogP contribution in [0.2, 0.25) is 0 Å². The Kier molecular flexibility index (Phi) is 9.90. The van der Waals surface area contributed by atoms with Crippen LogP contribution in [0.5, 0.6) is 28.7 Å². The molecular formula is C24H32O13S2. The molecule has 15 heteroatoms. The third-order valence-corrected chi connectivity index (χ3v) is 7.87. The maximum atomic E-state index is 12.9. The van der Waals surface area contributed by atoms with E-state index in [1.54, 1.807) is 12.1 Å². The fourth-order valence-corrected chi connectivity index (χ4v) is 5.61. The van der Waals surface area contributed by atoms with Crippen molar-refractivity contribution in [3.8, 4) is 28.7 Å². The molecule has 0 spiro atoms. The number of hydrogen-bond acceptors (Lipinski definition) is 12. The number of methoxy groups -OCH3 is 4. The highest BCUT2D eigenvalue weighted by Gasteiger charge is 2.34. The molecule has 0 aliphatic carbocycles. The molecule has 3 atom stereocenters. The lowest BCUT2D eigenvalue weighted by atomic mass is 10.0. The molecule has 218 valence electrons. The highest BCUT2D eigenvalue weighted by molar-refractivity contribution is 7.86. The lowest BCUT2D eigenvalue weighted by Crippen LogP contribution is -2.22. The van der Waals surface area contributed by atoms with E-state index in [9.17, 15) is 16.8 Å². The van der Waals surface area contributed by atoms with Gasteiger partial charge in [-0.3, -0.25) is 8.74 Å². The van der Waals surface area contributed by atoms with Crippen LogP contribution in [0.25, 0.3) is 0 Å². The zero-order chi connectivity index (χ0) is 29.0. The Labute approximate surface area is 227 Å². The van der Waals surface area contributed by atoms with Crippen LogP contribution in [-0.2, 0) is 33.6 Å². The highest BCUT2D eigenvalue weighted by Crippen LogP contribution is 2.48. The lowest BCUT2D eigenvalue weighted by Gasteiger charge is -2.21. The van der Waals surface area contributed by atoms with Crippen molar-refractivity contribution in [3.05, 3.63) is 35.4 Å². The average molecular weight is 593 g/mol. The third-order valence-electron chi connectivity index (χ3n) is 5.97. The predicted octanol–water partition coefficient (Wildman–Crippen LogP) is 3.24. The third kappa shape index (κ3) is 7.23. The Morgan fingerprint density at radius 1 is 0.846 bits per heavy atom. The average Bonchev–Trinajstić information content (AvgIpc) is 3.39. The van der Waals surface area contributed by atoms with Crippen molar-refractivity contribution in [2.45, 2.75) is 43.0 Å². The maximum Gasteiger partial charge on any atom is 0.397 e. The van der Waals surface area contributed by atoms with Crippen LogP contribution in [0, 0.1) is 0 Å². The van der Waals surface area contributed by atoms with E-state index in [0.29, 0.717) is 35.7 Å². The molecule has 1 unspecified atom stereocenters. The zero-order valence-electron chi connectivity index (χ0n) is 22.3. The Hall–Kier alpha value is -2.82. The molecule has 0 aromatic heterocycles. The van der Waals surface area contributed by atoms with Crippen molar-refractivity contribution in [1.82, 2.24) is 0 Å². The van der Waals surface area contributed by atoms with Gasteiger partial charge in [-0.1, -0.05) is 0 Å². The van der Waals surface area contributed by atoms with Gasteiger partial charge in [-0.15, -0.1) is 0 Å². The van der Waals surface area contributed by atoms with Gasteiger partial charge >= 0.3 is 10.4 Å². The summed E-state index contributed by atoms with van der Waals surface area (Å²) >= 11 is 0. The lowest BCUT2D eigenvalue weighted by molar-refractivity contribution is 0.0419. The van der Waals surface area contributed by atoms with E-state index >= 15 is 0 Å². The molecule has 1 heterocycles. The molecule has 1 N–H and O–H groups in total.